The lowest BCUT2D eigenvalue weighted by molar-refractivity contribution is -0.140. The highest BCUT2D eigenvalue weighted by molar-refractivity contribution is 5.99. The van der Waals surface area contributed by atoms with Crippen molar-refractivity contribution in [2.24, 2.45) is 0 Å². The van der Waals surface area contributed by atoms with Crippen LogP contribution in [-0.4, -0.2) is 53.7 Å². The first-order valence-electron chi connectivity index (χ1n) is 12.3. The number of anilines is 1. The number of rotatable bonds is 9. The molecule has 4 rings (SSSR count). The molecular formula is C29H30N4O4. The predicted molar refractivity (Wildman–Crippen MR) is 141 cm³/mol. The first kappa shape index (κ1) is 25.6. The van der Waals surface area contributed by atoms with E-state index in [1.807, 2.05) is 48.5 Å². The van der Waals surface area contributed by atoms with E-state index in [9.17, 15) is 19.2 Å². The molecule has 3 aromatic rings. The Kier molecular flexibility index (Phi) is 8.65. The fraction of sp³-hybridized carbons (Fsp3) is 0.241. The van der Waals surface area contributed by atoms with E-state index in [4.69, 9.17) is 0 Å². The van der Waals surface area contributed by atoms with Gasteiger partial charge in [-0.25, -0.2) is 0 Å². The normalized spacial score (nSPS) is 15.5. The topological polar surface area (TPSA) is 108 Å². The fourth-order valence-corrected chi connectivity index (χ4v) is 4.40. The molecule has 0 spiro atoms. The van der Waals surface area contributed by atoms with Gasteiger partial charge < -0.3 is 20.9 Å². The van der Waals surface area contributed by atoms with Crippen LogP contribution in [-0.2, 0) is 20.8 Å². The zero-order valence-corrected chi connectivity index (χ0v) is 20.4. The van der Waals surface area contributed by atoms with Gasteiger partial charge in [0.25, 0.3) is 5.91 Å². The van der Waals surface area contributed by atoms with Gasteiger partial charge in [-0.05, 0) is 42.7 Å². The number of carbonyl (C=O) groups is 4. The predicted octanol–water partition coefficient (Wildman–Crippen LogP) is 2.77. The van der Waals surface area contributed by atoms with Crippen LogP contribution < -0.4 is 16.0 Å². The minimum absolute atomic E-state index is 0.253. The largest absolute Gasteiger partial charge is 0.343 e. The maximum atomic E-state index is 13.7. The third-order valence-corrected chi connectivity index (χ3v) is 6.24. The van der Waals surface area contributed by atoms with Crippen molar-refractivity contribution in [3.8, 4) is 0 Å². The second-order valence-electron chi connectivity index (χ2n) is 8.90. The number of para-hydroxylation sites is 1. The number of carbonyl (C=O) groups excluding carboxylic acids is 4. The number of nitrogens with one attached hydrogen (secondary N) is 3. The molecule has 0 radical (unpaired) electrons. The summed E-state index contributed by atoms with van der Waals surface area (Å²) < 4.78 is 0. The zero-order valence-electron chi connectivity index (χ0n) is 20.4. The summed E-state index contributed by atoms with van der Waals surface area (Å²) in [6.07, 6.45) is 1.50. The van der Waals surface area contributed by atoms with Crippen LogP contribution in [0, 0.1) is 0 Å². The molecule has 1 fully saturated rings. The van der Waals surface area contributed by atoms with Gasteiger partial charge in [-0.15, -0.1) is 0 Å². The first-order chi connectivity index (χ1) is 18.0. The molecule has 0 bridgehead atoms. The number of hydrogen-bond donors (Lipinski definition) is 3. The van der Waals surface area contributed by atoms with Crippen molar-refractivity contribution in [2.45, 2.75) is 31.3 Å². The van der Waals surface area contributed by atoms with E-state index in [0.717, 1.165) is 5.56 Å². The van der Waals surface area contributed by atoms with Crippen LogP contribution >= 0.6 is 0 Å². The average Bonchev–Trinajstić information content (AvgIpc) is 3.43. The van der Waals surface area contributed by atoms with Gasteiger partial charge in [0.2, 0.25) is 17.7 Å². The Morgan fingerprint density at radius 1 is 0.838 bits per heavy atom. The number of hydrogen-bond acceptors (Lipinski definition) is 4. The summed E-state index contributed by atoms with van der Waals surface area (Å²) in [7, 11) is 0. The maximum absolute atomic E-state index is 13.7. The molecule has 1 aliphatic heterocycles. The van der Waals surface area contributed by atoms with Gasteiger partial charge in [-0.3, -0.25) is 19.2 Å². The van der Waals surface area contributed by atoms with E-state index in [2.05, 4.69) is 16.0 Å². The maximum Gasteiger partial charge on any atom is 0.251 e. The summed E-state index contributed by atoms with van der Waals surface area (Å²) in [6, 6.07) is 25.6. The Hall–Kier alpha value is -4.46. The van der Waals surface area contributed by atoms with Crippen LogP contribution in [0.2, 0.25) is 0 Å². The lowest BCUT2D eigenvalue weighted by Crippen LogP contribution is -2.54. The first-order valence-corrected chi connectivity index (χ1v) is 12.3. The van der Waals surface area contributed by atoms with E-state index in [1.54, 1.807) is 47.4 Å². The molecule has 37 heavy (non-hydrogen) atoms. The molecule has 8 nitrogen and oxygen atoms in total. The zero-order chi connectivity index (χ0) is 26.0. The Bertz CT molecular complexity index is 1220. The number of benzene rings is 3. The summed E-state index contributed by atoms with van der Waals surface area (Å²) in [4.78, 5) is 53.3. The third kappa shape index (κ3) is 7.04. The molecule has 0 saturated carbocycles. The van der Waals surface area contributed by atoms with E-state index in [1.165, 1.54) is 0 Å². The molecule has 1 heterocycles. The minimum Gasteiger partial charge on any atom is -0.343 e. The van der Waals surface area contributed by atoms with Gasteiger partial charge in [-0.2, -0.15) is 0 Å². The van der Waals surface area contributed by atoms with Crippen LogP contribution in [0.4, 0.5) is 5.69 Å². The van der Waals surface area contributed by atoms with Gasteiger partial charge in [0.05, 0.1) is 6.54 Å². The van der Waals surface area contributed by atoms with E-state index in [-0.39, 0.29) is 30.7 Å². The average molecular weight is 499 g/mol. The minimum atomic E-state index is -0.881. The highest BCUT2D eigenvalue weighted by Crippen LogP contribution is 2.21. The van der Waals surface area contributed by atoms with Crippen LogP contribution in [0.3, 0.4) is 0 Å². The lowest BCUT2D eigenvalue weighted by atomic mass is 10.0. The van der Waals surface area contributed by atoms with E-state index >= 15 is 0 Å². The van der Waals surface area contributed by atoms with E-state index in [0.29, 0.717) is 30.6 Å². The van der Waals surface area contributed by atoms with Gasteiger partial charge in [-0.1, -0.05) is 66.7 Å². The summed E-state index contributed by atoms with van der Waals surface area (Å²) in [5, 5.41) is 8.25. The van der Waals surface area contributed by atoms with Crippen molar-refractivity contribution >= 4 is 29.3 Å². The SMILES string of the molecule is O=C(CNC(=O)c1ccccc1)N[C@@H](Cc1ccccc1)C(=O)N1CCC[C@H]1C(=O)Nc1ccccc1. The molecule has 2 atom stereocenters. The molecule has 1 aliphatic rings. The van der Waals surface area contributed by atoms with Gasteiger partial charge in [0.15, 0.2) is 0 Å². The molecule has 3 N–H and O–H groups in total. The molecular weight excluding hydrogens is 468 g/mol. The molecule has 4 amide bonds. The van der Waals surface area contributed by atoms with Crippen LogP contribution in [0.25, 0.3) is 0 Å². The number of likely N-dealkylation sites (tertiary alicyclic amines) is 1. The molecule has 1 saturated heterocycles. The third-order valence-electron chi connectivity index (χ3n) is 6.24. The Labute approximate surface area is 216 Å². The standard InChI is InChI=1S/C29H30N4O4/c34-26(20-30-27(35)22-13-6-2-7-14-22)32-24(19-21-11-4-1-5-12-21)29(37)33-18-10-17-25(33)28(36)31-23-15-8-3-9-16-23/h1-9,11-16,24-25H,10,17-20H2,(H,30,35)(H,31,36)(H,32,34)/t24-,25-/m0/s1. The smallest absolute Gasteiger partial charge is 0.251 e. The molecule has 0 unspecified atom stereocenters. The quantitative estimate of drug-likeness (QED) is 0.422. The highest BCUT2D eigenvalue weighted by Gasteiger charge is 2.37. The van der Waals surface area contributed by atoms with Crippen molar-refractivity contribution in [3.63, 3.8) is 0 Å². The van der Waals surface area contributed by atoms with Gasteiger partial charge in [0, 0.05) is 24.2 Å². The second-order valence-corrected chi connectivity index (χ2v) is 8.90. The summed E-state index contributed by atoms with van der Waals surface area (Å²) in [6.45, 7) is 0.155. The summed E-state index contributed by atoms with van der Waals surface area (Å²) >= 11 is 0. The summed E-state index contributed by atoms with van der Waals surface area (Å²) in [5.41, 5.74) is 1.98. The van der Waals surface area contributed by atoms with Crippen molar-refractivity contribution in [3.05, 3.63) is 102 Å². The summed E-state index contributed by atoms with van der Waals surface area (Å²) in [5.74, 6) is -1.43. The molecule has 3 aromatic carbocycles. The fourth-order valence-electron chi connectivity index (χ4n) is 4.40. The Morgan fingerprint density at radius 3 is 2.14 bits per heavy atom. The number of amides is 4. The second kappa shape index (κ2) is 12.5. The molecule has 8 heteroatoms. The van der Waals surface area contributed by atoms with Crippen molar-refractivity contribution in [1.29, 1.82) is 0 Å². The highest BCUT2D eigenvalue weighted by atomic mass is 16.2. The van der Waals surface area contributed by atoms with Crippen molar-refractivity contribution < 1.29 is 19.2 Å². The van der Waals surface area contributed by atoms with Crippen LogP contribution in [0.1, 0.15) is 28.8 Å². The van der Waals surface area contributed by atoms with Gasteiger partial charge in [0.1, 0.15) is 12.1 Å². The molecule has 190 valence electrons. The van der Waals surface area contributed by atoms with Crippen molar-refractivity contribution in [1.82, 2.24) is 15.5 Å². The lowest BCUT2D eigenvalue weighted by Gasteiger charge is -2.29. The monoisotopic (exact) mass is 498 g/mol. The van der Waals surface area contributed by atoms with Gasteiger partial charge >= 0.3 is 0 Å². The molecule has 0 aliphatic carbocycles. The van der Waals surface area contributed by atoms with Crippen molar-refractivity contribution in [2.75, 3.05) is 18.4 Å². The molecule has 0 aromatic heterocycles. The number of nitrogens with zero attached hydrogens (tertiary/aromatic N) is 1. The van der Waals surface area contributed by atoms with Crippen LogP contribution in [0.5, 0.6) is 0 Å². The Balaban J connectivity index is 1.44. The van der Waals surface area contributed by atoms with E-state index < -0.39 is 18.0 Å². The van der Waals surface area contributed by atoms with Crippen LogP contribution in [0.15, 0.2) is 91.0 Å². The Morgan fingerprint density at radius 2 is 1.46 bits per heavy atom.